The monoisotopic (exact) mass is 174 g/mol. The van der Waals surface area contributed by atoms with Crippen molar-refractivity contribution >= 4 is 0 Å². The van der Waals surface area contributed by atoms with Gasteiger partial charge in [-0.25, -0.2) is 5.43 Å². The van der Waals surface area contributed by atoms with Crippen molar-refractivity contribution in [1.29, 1.82) is 0 Å². The topological polar surface area (TPSA) is 53.3 Å². The van der Waals surface area contributed by atoms with Gasteiger partial charge in [0.25, 0.3) is 0 Å². The van der Waals surface area contributed by atoms with Gasteiger partial charge in [0.1, 0.15) is 0 Å². The van der Waals surface area contributed by atoms with Gasteiger partial charge in [-0.05, 0) is 19.3 Å². The van der Waals surface area contributed by atoms with E-state index in [1.54, 1.807) is 5.12 Å². The zero-order valence-corrected chi connectivity index (χ0v) is 8.59. The Kier molecular flexibility index (Phi) is 6.28. The van der Waals surface area contributed by atoms with E-state index in [0.29, 0.717) is 12.0 Å². The third-order valence-electron chi connectivity index (χ3n) is 1.78. The molecule has 1 atom stereocenters. The average molecular weight is 174 g/mol. The Morgan fingerprint density at radius 1 is 1.33 bits per heavy atom. The molecule has 0 radical (unpaired) electrons. The third-order valence-corrected chi connectivity index (χ3v) is 1.78. The predicted molar refractivity (Wildman–Crippen MR) is 51.8 cm³/mol. The second-order valence-electron chi connectivity index (χ2n) is 3.55. The van der Waals surface area contributed by atoms with Crippen LogP contribution < -0.4 is 16.8 Å². The van der Waals surface area contributed by atoms with Gasteiger partial charge in [0.2, 0.25) is 0 Å². The SMILES string of the molecule is CCC(C)N(N)NNCC(C)C. The summed E-state index contributed by atoms with van der Waals surface area (Å²) in [5.74, 6) is 6.30. The van der Waals surface area contributed by atoms with E-state index in [0.717, 1.165) is 13.0 Å². The molecule has 0 amide bonds. The minimum atomic E-state index is 0.352. The number of hydrogen-bond acceptors (Lipinski definition) is 4. The van der Waals surface area contributed by atoms with E-state index < -0.39 is 0 Å². The first-order chi connectivity index (χ1) is 5.57. The van der Waals surface area contributed by atoms with Crippen LogP contribution >= 0.6 is 0 Å². The lowest BCUT2D eigenvalue weighted by atomic mass is 10.2. The normalized spacial score (nSPS) is 14.2. The first-order valence-corrected chi connectivity index (χ1v) is 4.60. The lowest BCUT2D eigenvalue weighted by Gasteiger charge is -2.24. The van der Waals surface area contributed by atoms with Crippen molar-refractivity contribution in [3.8, 4) is 0 Å². The predicted octanol–water partition coefficient (Wildman–Crippen LogP) is 0.626. The highest BCUT2D eigenvalue weighted by atomic mass is 15.8. The van der Waals surface area contributed by atoms with Crippen LogP contribution in [-0.4, -0.2) is 17.7 Å². The van der Waals surface area contributed by atoms with E-state index in [-0.39, 0.29) is 0 Å². The highest BCUT2D eigenvalue weighted by Gasteiger charge is 2.05. The molecule has 12 heavy (non-hydrogen) atoms. The summed E-state index contributed by atoms with van der Waals surface area (Å²) in [5.41, 5.74) is 5.98. The molecule has 0 bridgehead atoms. The van der Waals surface area contributed by atoms with E-state index in [2.05, 4.69) is 38.7 Å². The van der Waals surface area contributed by atoms with Crippen molar-refractivity contribution in [3.63, 3.8) is 0 Å². The molecular formula is C8H22N4. The van der Waals surface area contributed by atoms with Crippen LogP contribution in [-0.2, 0) is 0 Å². The zero-order valence-electron chi connectivity index (χ0n) is 8.59. The molecule has 0 aliphatic carbocycles. The second-order valence-corrected chi connectivity index (χ2v) is 3.55. The number of nitrogens with zero attached hydrogens (tertiary/aromatic N) is 1. The molecule has 0 aromatic heterocycles. The zero-order chi connectivity index (χ0) is 9.56. The summed E-state index contributed by atoms with van der Waals surface area (Å²) in [5, 5.41) is 1.60. The first kappa shape index (κ1) is 11.8. The summed E-state index contributed by atoms with van der Waals surface area (Å²) in [4.78, 5) is 0. The fourth-order valence-electron chi connectivity index (χ4n) is 0.648. The summed E-state index contributed by atoms with van der Waals surface area (Å²) in [6.07, 6.45) is 1.03. The summed E-state index contributed by atoms with van der Waals surface area (Å²) in [6, 6.07) is 0.352. The third kappa shape index (κ3) is 5.49. The van der Waals surface area contributed by atoms with Crippen LogP contribution in [0.2, 0.25) is 0 Å². The van der Waals surface area contributed by atoms with Crippen LogP contribution in [0, 0.1) is 5.92 Å². The molecule has 0 aromatic rings. The highest BCUT2D eigenvalue weighted by Crippen LogP contribution is 1.92. The first-order valence-electron chi connectivity index (χ1n) is 4.60. The van der Waals surface area contributed by atoms with Gasteiger partial charge in [-0.15, -0.1) is 0 Å². The molecule has 0 spiro atoms. The van der Waals surface area contributed by atoms with E-state index in [4.69, 9.17) is 5.84 Å². The maximum absolute atomic E-state index is 5.67. The minimum absolute atomic E-state index is 0.352. The van der Waals surface area contributed by atoms with Gasteiger partial charge in [-0.1, -0.05) is 20.8 Å². The molecule has 0 heterocycles. The molecule has 0 saturated heterocycles. The van der Waals surface area contributed by atoms with Crippen LogP contribution in [0.3, 0.4) is 0 Å². The largest absolute Gasteiger partial charge is 0.254 e. The standard InChI is InChI=1S/C8H22N4/c1-5-8(4)12(9)11-10-6-7(2)3/h7-8,10-11H,5-6,9H2,1-4H3. The number of rotatable bonds is 6. The molecular weight excluding hydrogens is 152 g/mol. The van der Waals surface area contributed by atoms with Crippen LogP contribution in [0.15, 0.2) is 0 Å². The van der Waals surface area contributed by atoms with Crippen LogP contribution in [0.5, 0.6) is 0 Å². The van der Waals surface area contributed by atoms with Crippen LogP contribution in [0.4, 0.5) is 0 Å². The number of nitrogens with two attached hydrogens (primary N) is 1. The number of nitrogens with one attached hydrogen (secondary N) is 2. The van der Waals surface area contributed by atoms with E-state index in [1.165, 1.54) is 0 Å². The van der Waals surface area contributed by atoms with Crippen molar-refractivity contribution in [2.75, 3.05) is 6.54 Å². The second kappa shape index (κ2) is 6.37. The fraction of sp³-hybridized carbons (Fsp3) is 1.00. The van der Waals surface area contributed by atoms with Gasteiger partial charge in [-0.3, -0.25) is 5.84 Å². The van der Waals surface area contributed by atoms with Gasteiger partial charge in [-0.2, -0.15) is 10.7 Å². The molecule has 0 fully saturated rings. The molecule has 1 unspecified atom stereocenters. The van der Waals surface area contributed by atoms with Crippen molar-refractivity contribution in [2.24, 2.45) is 11.8 Å². The molecule has 4 N–H and O–H groups in total. The summed E-state index contributed by atoms with van der Waals surface area (Å²) in [7, 11) is 0. The number of hydrogen-bond donors (Lipinski definition) is 3. The quantitative estimate of drug-likeness (QED) is 0.408. The molecule has 74 valence electrons. The van der Waals surface area contributed by atoms with Gasteiger partial charge in [0.05, 0.1) is 0 Å². The molecule has 4 heteroatoms. The Bertz CT molecular complexity index is 105. The van der Waals surface area contributed by atoms with E-state index in [1.807, 2.05) is 0 Å². The maximum atomic E-state index is 5.67. The van der Waals surface area contributed by atoms with Crippen molar-refractivity contribution < 1.29 is 0 Å². The van der Waals surface area contributed by atoms with Gasteiger partial charge in [0, 0.05) is 12.6 Å². The van der Waals surface area contributed by atoms with Crippen molar-refractivity contribution in [3.05, 3.63) is 0 Å². The Hall–Kier alpha value is -0.160. The molecule has 4 nitrogen and oxygen atoms in total. The Morgan fingerprint density at radius 2 is 1.92 bits per heavy atom. The molecule has 0 aliphatic rings. The molecule has 0 aromatic carbocycles. The van der Waals surface area contributed by atoms with Crippen molar-refractivity contribution in [1.82, 2.24) is 16.1 Å². The molecule has 0 aliphatic heterocycles. The van der Waals surface area contributed by atoms with Gasteiger partial charge < -0.3 is 0 Å². The summed E-state index contributed by atoms with van der Waals surface area (Å²) in [6.45, 7) is 9.40. The number of hydrazine groups is 3. The van der Waals surface area contributed by atoms with Crippen molar-refractivity contribution in [2.45, 2.75) is 40.2 Å². The molecule has 0 saturated carbocycles. The summed E-state index contributed by atoms with van der Waals surface area (Å²) < 4.78 is 0. The average Bonchev–Trinajstić information content (AvgIpc) is 2.02. The smallest absolute Gasteiger partial charge is 0.0380 e. The lowest BCUT2D eigenvalue weighted by molar-refractivity contribution is 0.0994. The van der Waals surface area contributed by atoms with Gasteiger partial charge in [0.15, 0.2) is 0 Å². The van der Waals surface area contributed by atoms with Crippen LogP contribution in [0.1, 0.15) is 34.1 Å². The minimum Gasteiger partial charge on any atom is -0.254 e. The van der Waals surface area contributed by atoms with Crippen LogP contribution in [0.25, 0.3) is 0 Å². The maximum Gasteiger partial charge on any atom is 0.0380 e. The summed E-state index contributed by atoms with van der Waals surface area (Å²) >= 11 is 0. The molecule has 0 rings (SSSR count). The Balaban J connectivity index is 3.37. The Labute approximate surface area is 75.4 Å². The van der Waals surface area contributed by atoms with Gasteiger partial charge >= 0.3 is 0 Å². The Morgan fingerprint density at radius 3 is 2.33 bits per heavy atom. The van der Waals surface area contributed by atoms with E-state index in [9.17, 15) is 0 Å². The van der Waals surface area contributed by atoms with E-state index >= 15 is 0 Å². The fourth-order valence-corrected chi connectivity index (χ4v) is 0.648. The lowest BCUT2D eigenvalue weighted by Crippen LogP contribution is -2.55. The highest BCUT2D eigenvalue weighted by molar-refractivity contribution is 4.53.